The molecule has 1 saturated heterocycles. The Kier molecular flexibility index (Phi) is 10.5. The van der Waals surface area contributed by atoms with E-state index in [1.54, 1.807) is 11.6 Å². The number of aliphatic hydroxyl groups is 2. The molecule has 0 unspecified atom stereocenters. The number of nitrogens with one attached hydrogen (secondary N) is 2. The number of nitro groups is 1. The van der Waals surface area contributed by atoms with Gasteiger partial charge in [0.15, 0.2) is 28.5 Å². The predicted molar refractivity (Wildman–Crippen MR) is 150 cm³/mol. The fourth-order valence-corrected chi connectivity index (χ4v) is 4.93. The Hall–Kier alpha value is -4.53. The number of anilines is 1. The topological polar surface area (TPSA) is 238 Å². The molecule has 4 atom stereocenters. The molecule has 1 aliphatic heterocycles. The third-order valence-electron chi connectivity index (χ3n) is 6.28. The van der Waals surface area contributed by atoms with Crippen LogP contribution in [0.2, 0.25) is 0 Å². The number of aromatic amines is 1. The smallest absolute Gasteiger partial charge is 0.412 e. The van der Waals surface area contributed by atoms with Crippen molar-refractivity contribution in [2.75, 3.05) is 11.9 Å². The van der Waals surface area contributed by atoms with Crippen molar-refractivity contribution < 1.29 is 33.8 Å². The number of aromatic nitrogens is 8. The third kappa shape index (κ3) is 7.33. The van der Waals surface area contributed by atoms with Gasteiger partial charge in [-0.1, -0.05) is 19.8 Å². The van der Waals surface area contributed by atoms with Crippen molar-refractivity contribution in [3.05, 3.63) is 51.6 Å². The van der Waals surface area contributed by atoms with E-state index in [-0.39, 0.29) is 12.4 Å². The average molecular weight is 637 g/mol. The van der Waals surface area contributed by atoms with Gasteiger partial charge in [0, 0.05) is 7.05 Å². The number of amides is 1. The Balaban J connectivity index is 0.000000208. The molecule has 1 amide bonds. The molecule has 44 heavy (non-hydrogen) atoms. The van der Waals surface area contributed by atoms with Gasteiger partial charge < -0.3 is 39.4 Å². The molecule has 0 spiro atoms. The van der Waals surface area contributed by atoms with Crippen molar-refractivity contribution in [3.63, 3.8) is 0 Å². The van der Waals surface area contributed by atoms with E-state index in [1.807, 2.05) is 6.92 Å². The molecular weight excluding hydrogens is 607 g/mol. The molecule has 1 aliphatic rings. The van der Waals surface area contributed by atoms with Gasteiger partial charge in [-0.25, -0.2) is 28.9 Å². The van der Waals surface area contributed by atoms with Crippen molar-refractivity contribution in [1.29, 1.82) is 0 Å². The van der Waals surface area contributed by atoms with Gasteiger partial charge in [-0.05, 0) is 35.0 Å². The van der Waals surface area contributed by atoms with Gasteiger partial charge in [0.25, 0.3) is 0 Å². The number of rotatable bonds is 9. The average Bonchev–Trinajstić information content (AvgIpc) is 3.68. The van der Waals surface area contributed by atoms with Gasteiger partial charge in [0.05, 0.1) is 25.2 Å². The summed E-state index contributed by atoms with van der Waals surface area (Å²) >= 11 is 1.15. The van der Waals surface area contributed by atoms with E-state index in [0.717, 1.165) is 35.4 Å². The van der Waals surface area contributed by atoms with Crippen molar-refractivity contribution in [2.24, 2.45) is 7.05 Å². The van der Waals surface area contributed by atoms with E-state index >= 15 is 0 Å². The lowest BCUT2D eigenvalue weighted by Gasteiger charge is -2.17. The van der Waals surface area contributed by atoms with Gasteiger partial charge >= 0.3 is 17.6 Å². The fraction of sp³-hybridized carbons (Fsp3) is 0.458. The van der Waals surface area contributed by atoms with Crippen LogP contribution in [0, 0.1) is 15.9 Å². The maximum atomic E-state index is 14.1. The van der Waals surface area contributed by atoms with Crippen LogP contribution in [0.25, 0.3) is 11.2 Å². The van der Waals surface area contributed by atoms with Crippen molar-refractivity contribution >= 4 is 40.7 Å². The summed E-state index contributed by atoms with van der Waals surface area (Å²) in [7, 11) is 1.69. The first-order valence-corrected chi connectivity index (χ1v) is 14.0. The van der Waals surface area contributed by atoms with Crippen LogP contribution in [0.5, 0.6) is 0 Å². The zero-order valence-corrected chi connectivity index (χ0v) is 24.5. The van der Waals surface area contributed by atoms with E-state index in [0.29, 0.717) is 27.6 Å². The Morgan fingerprint density at radius 1 is 1.27 bits per heavy atom. The van der Waals surface area contributed by atoms with Crippen LogP contribution in [0.15, 0.2) is 40.0 Å². The van der Waals surface area contributed by atoms with E-state index in [4.69, 9.17) is 9.47 Å². The van der Waals surface area contributed by atoms with Crippen LogP contribution in [0.3, 0.4) is 0 Å². The number of hydrogen-bond acceptors (Lipinski definition) is 14. The summed E-state index contributed by atoms with van der Waals surface area (Å²) in [5, 5.41) is 33.5. The SMILES string of the molecule is CCCCCOC(=O)Nc1nc(=O)n([C@@H]2O[C@H](C)[C@@H](O)[C@H]2O)cc1F.Cn1cnc([N+](=O)[O-])c1Sc1ncnc2nc[nH]c12. The van der Waals surface area contributed by atoms with Crippen LogP contribution in [-0.4, -0.2) is 85.2 Å². The monoisotopic (exact) mass is 636 g/mol. The fourth-order valence-electron chi connectivity index (χ4n) is 3.98. The lowest BCUT2D eigenvalue weighted by Crippen LogP contribution is -2.36. The Labute approximate surface area is 251 Å². The second-order valence-electron chi connectivity index (χ2n) is 9.43. The molecule has 1 fully saturated rings. The highest BCUT2D eigenvalue weighted by atomic mass is 32.2. The number of aliphatic hydroxyl groups excluding tert-OH is 2. The molecule has 4 N–H and O–H groups in total. The van der Waals surface area contributed by atoms with Crippen LogP contribution >= 0.6 is 11.8 Å². The number of hydrogen-bond donors (Lipinski definition) is 4. The Morgan fingerprint density at radius 2 is 2.05 bits per heavy atom. The zero-order valence-electron chi connectivity index (χ0n) is 23.7. The van der Waals surface area contributed by atoms with E-state index in [2.05, 4.69) is 35.2 Å². The van der Waals surface area contributed by atoms with Gasteiger partial charge in [-0.2, -0.15) is 4.98 Å². The number of aryl methyl sites for hydroxylation is 1. The summed E-state index contributed by atoms with van der Waals surface area (Å²) in [4.78, 5) is 56.2. The summed E-state index contributed by atoms with van der Waals surface area (Å²) in [5.41, 5.74) is 0.207. The molecule has 0 bridgehead atoms. The highest BCUT2D eigenvalue weighted by Gasteiger charge is 2.42. The Bertz CT molecular complexity index is 1680. The van der Waals surface area contributed by atoms with Gasteiger partial charge in [-0.15, -0.1) is 0 Å². The lowest BCUT2D eigenvalue weighted by molar-refractivity contribution is -0.392. The second-order valence-corrected chi connectivity index (χ2v) is 10.4. The molecule has 4 aromatic heterocycles. The number of carbonyl (C=O) groups excluding carboxylic acids is 1. The van der Waals surface area contributed by atoms with Gasteiger partial charge in [0.2, 0.25) is 6.33 Å². The highest BCUT2D eigenvalue weighted by Crippen LogP contribution is 2.34. The lowest BCUT2D eigenvalue weighted by atomic mass is 10.1. The van der Waals surface area contributed by atoms with Crippen molar-refractivity contribution in [2.45, 2.75) is 67.7 Å². The molecular formula is C24H29FN10O8S. The largest absolute Gasteiger partial charge is 0.449 e. The first-order valence-electron chi connectivity index (χ1n) is 13.2. The van der Waals surface area contributed by atoms with E-state index in [9.17, 15) is 34.3 Å². The first-order chi connectivity index (χ1) is 21.0. The van der Waals surface area contributed by atoms with Crippen LogP contribution < -0.4 is 11.0 Å². The summed E-state index contributed by atoms with van der Waals surface area (Å²) in [6, 6.07) is 0. The normalized spacial score (nSPS) is 19.4. The number of fused-ring (bicyclic) bond motifs is 1. The van der Waals surface area contributed by atoms with Crippen molar-refractivity contribution in [1.82, 2.24) is 39.0 Å². The first kappa shape index (κ1) is 32.4. The number of ether oxygens (including phenoxy) is 2. The standard InChI is InChI=1S/C15H22FN3O6.C9H7N7O2S/c1-3-4-5-6-24-15(23)18-12-9(16)7-19(14(22)17-12)13-11(21)10(20)8(2)25-13;1-15-4-14-7(16(17)18)9(15)19-8-5-6(11-2-10-5)12-3-13-8/h7-8,10-11,13,20-21H,3-6H2,1-2H3,(H,17,18,22,23);2-4H,1H3,(H,10,11,12,13)/t8-,10-,11-,13-;/m1./s1. The molecule has 5 rings (SSSR count). The summed E-state index contributed by atoms with van der Waals surface area (Å²) in [5.74, 6) is -1.78. The minimum Gasteiger partial charge on any atom is -0.449 e. The molecule has 0 aromatic carbocycles. The van der Waals surface area contributed by atoms with Crippen LogP contribution in [0.1, 0.15) is 39.3 Å². The number of unbranched alkanes of at least 4 members (excludes halogenated alkanes) is 2. The third-order valence-corrected chi connectivity index (χ3v) is 7.45. The van der Waals surface area contributed by atoms with Crippen molar-refractivity contribution in [3.8, 4) is 0 Å². The number of carbonyl (C=O) groups is 1. The maximum Gasteiger partial charge on any atom is 0.412 e. The van der Waals surface area contributed by atoms with Crippen LogP contribution in [-0.2, 0) is 16.5 Å². The molecule has 0 aliphatic carbocycles. The second kappa shape index (κ2) is 14.3. The molecule has 5 heterocycles. The molecule has 236 valence electrons. The molecule has 0 saturated carbocycles. The summed E-state index contributed by atoms with van der Waals surface area (Å²) < 4.78 is 26.5. The molecule has 4 aromatic rings. The van der Waals surface area contributed by atoms with Crippen LogP contribution in [0.4, 0.5) is 20.8 Å². The minimum atomic E-state index is -1.41. The van der Waals surface area contributed by atoms with E-state index in [1.165, 1.54) is 25.9 Å². The van der Waals surface area contributed by atoms with E-state index < -0.39 is 52.9 Å². The number of nitrogens with zero attached hydrogens (tertiary/aromatic N) is 8. The zero-order chi connectivity index (χ0) is 32.0. The number of H-pyrrole nitrogens is 1. The highest BCUT2D eigenvalue weighted by molar-refractivity contribution is 7.99. The molecule has 18 nitrogen and oxygen atoms in total. The number of halogens is 1. The summed E-state index contributed by atoms with van der Waals surface area (Å²) in [6.07, 6.45) is 2.01. The van der Waals surface area contributed by atoms with Gasteiger partial charge in [0.1, 0.15) is 29.1 Å². The minimum absolute atomic E-state index is 0.177. The predicted octanol–water partition coefficient (Wildman–Crippen LogP) is 1.91. The maximum absolute atomic E-state index is 14.1. The quantitative estimate of drug-likeness (QED) is 0.0888. The number of imidazole rings is 2. The molecule has 20 heteroatoms. The summed E-state index contributed by atoms with van der Waals surface area (Å²) in [6.45, 7) is 3.68. The van der Waals surface area contributed by atoms with Gasteiger partial charge in [-0.3, -0.25) is 9.88 Å². The Morgan fingerprint density at radius 3 is 2.73 bits per heavy atom. The molecule has 0 radical (unpaired) electrons.